The number of Topliss-reactive ketones (excluding diaryl/α,β-unsaturated/α-hetero) is 2. The largest absolute Gasteiger partial charge is 0.481 e. The fourth-order valence-corrected chi connectivity index (χ4v) is 4.84. The van der Waals surface area contributed by atoms with E-state index in [1.54, 1.807) is 41.5 Å². The zero-order valence-corrected chi connectivity index (χ0v) is 39.3. The summed E-state index contributed by atoms with van der Waals surface area (Å²) in [5, 5.41) is 16.5. The normalized spacial score (nSPS) is 11.8. The van der Waals surface area contributed by atoms with Crippen molar-refractivity contribution in [3.63, 3.8) is 0 Å². The van der Waals surface area contributed by atoms with Crippen LogP contribution < -0.4 is 21.7 Å². The minimum Gasteiger partial charge on any atom is -0.481 e. The van der Waals surface area contributed by atoms with Gasteiger partial charge in [-0.15, -0.1) is 12.4 Å². The number of unbranched alkanes of at least 4 members (excludes halogenated alkanes) is 4. The molecule has 18 heteroatoms. The van der Waals surface area contributed by atoms with E-state index in [9.17, 15) is 38.4 Å². The lowest BCUT2D eigenvalue weighted by molar-refractivity contribution is -0.142. The standard InChI is InChI=1S/C21H38N2O6.C11H21NO4.C10H19NO3.ClH/c1-15(2)14-16(17(24)11-12-19(26)28-6)23-18(25)10-8-7-9-13-22-20(27)29-21(3,4)5;1-11(2,3)16-10(15)12-8-6-4-5-7-9(13)14;1-7(2)6-8(11)9(12)4-5-10(13)14-3;/h15-16H,7-14H2,1-6H3,(H,22,27)(H,23,25);4-8H2,1-3H3,(H,12,15)(H,13,14);7-8H,4-6,11H2,1-3H3;1H/t16-;;8-;/m0.0./s1. The zero-order valence-electron chi connectivity index (χ0n) is 38.5. The minimum atomic E-state index is -0.778. The molecular weight excluding hydrogens is 804 g/mol. The van der Waals surface area contributed by atoms with E-state index in [0.717, 1.165) is 25.7 Å². The van der Waals surface area contributed by atoms with Crippen LogP contribution in [0.1, 0.15) is 159 Å². The molecule has 17 nitrogen and oxygen atoms in total. The van der Waals surface area contributed by atoms with Gasteiger partial charge in [0.15, 0.2) is 5.78 Å². The van der Waals surface area contributed by atoms with Crippen LogP contribution in [0.4, 0.5) is 9.59 Å². The van der Waals surface area contributed by atoms with Crippen LogP contribution in [0.2, 0.25) is 0 Å². The molecule has 0 unspecified atom stereocenters. The second-order valence-corrected chi connectivity index (χ2v) is 16.9. The Hall–Kier alpha value is -3.99. The average Bonchev–Trinajstić information content (AvgIpc) is 3.10. The van der Waals surface area contributed by atoms with Crippen molar-refractivity contribution in [3.05, 3.63) is 0 Å². The summed E-state index contributed by atoms with van der Waals surface area (Å²) < 4.78 is 19.2. The molecule has 2 atom stereocenters. The van der Waals surface area contributed by atoms with Crippen molar-refractivity contribution in [1.82, 2.24) is 16.0 Å². The van der Waals surface area contributed by atoms with Crippen molar-refractivity contribution >= 4 is 60.0 Å². The zero-order chi connectivity index (χ0) is 46.2. The highest BCUT2D eigenvalue weighted by Crippen LogP contribution is 2.11. The second kappa shape index (κ2) is 35.7. The number of carboxylic acid groups (broad SMARTS) is 1. The van der Waals surface area contributed by atoms with Gasteiger partial charge in [-0.3, -0.25) is 28.8 Å². The van der Waals surface area contributed by atoms with E-state index >= 15 is 0 Å². The Morgan fingerprint density at radius 3 is 1.33 bits per heavy atom. The Morgan fingerprint density at radius 1 is 0.567 bits per heavy atom. The Morgan fingerprint density at radius 2 is 0.967 bits per heavy atom. The van der Waals surface area contributed by atoms with Crippen LogP contribution in [0, 0.1) is 11.8 Å². The first-order valence-corrected chi connectivity index (χ1v) is 20.6. The molecule has 6 N–H and O–H groups in total. The summed E-state index contributed by atoms with van der Waals surface area (Å²) in [4.78, 5) is 90.8. The average molecular weight is 884 g/mol. The highest BCUT2D eigenvalue weighted by molar-refractivity contribution is 5.91. The number of hydrogen-bond donors (Lipinski definition) is 5. The molecule has 0 aromatic rings. The quantitative estimate of drug-likeness (QED) is 0.0369. The minimum absolute atomic E-state index is 0. The maximum atomic E-state index is 12.3. The van der Waals surface area contributed by atoms with Gasteiger partial charge >= 0.3 is 30.1 Å². The van der Waals surface area contributed by atoms with Crippen molar-refractivity contribution < 1.29 is 62.4 Å². The lowest BCUT2D eigenvalue weighted by atomic mass is 9.97. The van der Waals surface area contributed by atoms with E-state index in [4.69, 9.17) is 20.3 Å². The van der Waals surface area contributed by atoms with Crippen molar-refractivity contribution in [2.75, 3.05) is 27.3 Å². The van der Waals surface area contributed by atoms with E-state index in [0.29, 0.717) is 51.1 Å². The maximum absolute atomic E-state index is 12.3. The number of nitrogens with two attached hydrogens (primary N) is 1. The number of rotatable bonds is 25. The summed E-state index contributed by atoms with van der Waals surface area (Å²) in [6.07, 6.45) is 5.58. The lowest BCUT2D eigenvalue weighted by Gasteiger charge is -2.20. The third-order valence-corrected chi connectivity index (χ3v) is 7.66. The molecule has 352 valence electrons. The van der Waals surface area contributed by atoms with Gasteiger partial charge in [0.1, 0.15) is 17.0 Å². The Bertz CT molecular complexity index is 1270. The molecule has 0 aliphatic rings. The first-order chi connectivity index (χ1) is 27.2. The van der Waals surface area contributed by atoms with Crippen molar-refractivity contribution in [3.8, 4) is 0 Å². The molecule has 3 amide bonds. The molecule has 0 aliphatic carbocycles. The number of halogens is 1. The summed E-state index contributed by atoms with van der Waals surface area (Å²) in [6.45, 7) is 19.8. The molecule has 0 fully saturated rings. The van der Waals surface area contributed by atoms with Crippen LogP contribution in [0.25, 0.3) is 0 Å². The van der Waals surface area contributed by atoms with E-state index in [1.807, 2.05) is 27.7 Å². The predicted octanol–water partition coefficient (Wildman–Crippen LogP) is 6.58. The number of carbonyl (C=O) groups is 8. The monoisotopic (exact) mass is 883 g/mol. The van der Waals surface area contributed by atoms with Gasteiger partial charge in [-0.1, -0.05) is 40.5 Å². The number of ether oxygens (including phenoxy) is 4. The molecule has 0 saturated heterocycles. The van der Waals surface area contributed by atoms with Gasteiger partial charge in [-0.2, -0.15) is 0 Å². The van der Waals surface area contributed by atoms with Gasteiger partial charge in [0, 0.05) is 38.8 Å². The predicted molar refractivity (Wildman–Crippen MR) is 232 cm³/mol. The number of alkyl carbamates (subject to hydrolysis) is 2. The third-order valence-electron chi connectivity index (χ3n) is 7.66. The molecule has 60 heavy (non-hydrogen) atoms. The number of nitrogens with one attached hydrogen (secondary N) is 3. The second-order valence-electron chi connectivity index (χ2n) is 16.9. The fraction of sp³-hybridized carbons (Fsp3) is 0.810. The van der Waals surface area contributed by atoms with E-state index in [2.05, 4.69) is 25.4 Å². The molecule has 0 aromatic heterocycles. The number of hydrogen-bond acceptors (Lipinski definition) is 13. The lowest BCUT2D eigenvalue weighted by Crippen LogP contribution is -2.41. The van der Waals surface area contributed by atoms with Crippen molar-refractivity contribution in [2.24, 2.45) is 17.6 Å². The van der Waals surface area contributed by atoms with E-state index < -0.39 is 47.4 Å². The Labute approximate surface area is 364 Å². The molecule has 0 saturated carbocycles. The number of esters is 2. The highest BCUT2D eigenvalue weighted by atomic mass is 35.5. The fourth-order valence-electron chi connectivity index (χ4n) is 4.84. The highest BCUT2D eigenvalue weighted by Gasteiger charge is 2.23. The first kappa shape index (κ1) is 62.7. The van der Waals surface area contributed by atoms with Crippen LogP contribution in [0.5, 0.6) is 0 Å². The SMILES string of the molecule is CC(C)(C)OC(=O)NCCCCCC(=O)O.COC(=O)CCC(=O)[C@@H](N)CC(C)C.COC(=O)CCC(=O)[C@H](CC(C)C)NC(=O)CCCCCNC(=O)OC(C)(C)C.Cl. The first-order valence-electron chi connectivity index (χ1n) is 20.6. The van der Waals surface area contributed by atoms with E-state index in [-0.39, 0.29) is 73.9 Å². The third kappa shape index (κ3) is 45.1. The summed E-state index contributed by atoms with van der Waals surface area (Å²) in [7, 11) is 2.59. The number of aliphatic carboxylic acids is 1. The molecule has 0 rings (SSSR count). The molecule has 0 spiro atoms. The van der Waals surface area contributed by atoms with Gasteiger partial charge in [-0.05, 0) is 91.9 Å². The van der Waals surface area contributed by atoms with Crippen molar-refractivity contribution in [2.45, 2.75) is 182 Å². The van der Waals surface area contributed by atoms with Crippen LogP contribution in [0.3, 0.4) is 0 Å². The number of amides is 3. The summed E-state index contributed by atoms with van der Waals surface area (Å²) in [6, 6.07) is -1.03. The number of carboxylic acids is 1. The summed E-state index contributed by atoms with van der Waals surface area (Å²) in [5.41, 5.74) is 4.64. The van der Waals surface area contributed by atoms with Gasteiger partial charge in [0.2, 0.25) is 5.91 Å². The number of methoxy groups -OCH3 is 2. The van der Waals surface area contributed by atoms with Crippen LogP contribution in [-0.4, -0.2) is 103 Å². The van der Waals surface area contributed by atoms with Gasteiger partial charge < -0.3 is 45.7 Å². The summed E-state index contributed by atoms with van der Waals surface area (Å²) in [5.74, 6) is -1.35. The Balaban J connectivity index is -0.000000427. The van der Waals surface area contributed by atoms with Gasteiger partial charge in [-0.25, -0.2) is 9.59 Å². The van der Waals surface area contributed by atoms with Crippen LogP contribution in [0.15, 0.2) is 0 Å². The van der Waals surface area contributed by atoms with Crippen LogP contribution in [-0.2, 0) is 47.7 Å². The smallest absolute Gasteiger partial charge is 0.407 e. The maximum Gasteiger partial charge on any atom is 0.407 e. The van der Waals surface area contributed by atoms with Gasteiger partial charge in [0.25, 0.3) is 0 Å². The van der Waals surface area contributed by atoms with E-state index in [1.165, 1.54) is 14.2 Å². The number of carbonyl (C=O) groups excluding carboxylic acids is 7. The molecule has 0 aromatic carbocycles. The molecular formula is C42H79ClN4O13. The molecule has 0 radical (unpaired) electrons. The molecule has 0 aliphatic heterocycles. The Kier molecular flexibility index (Phi) is 37.3. The molecule has 0 heterocycles. The summed E-state index contributed by atoms with van der Waals surface area (Å²) >= 11 is 0. The number of ketones is 2. The van der Waals surface area contributed by atoms with Crippen LogP contribution >= 0.6 is 12.4 Å². The topological polar surface area (TPSA) is 256 Å². The van der Waals surface area contributed by atoms with Crippen molar-refractivity contribution in [1.29, 1.82) is 0 Å². The van der Waals surface area contributed by atoms with Gasteiger partial charge in [0.05, 0.1) is 39.1 Å². The molecule has 0 bridgehead atoms.